The van der Waals surface area contributed by atoms with E-state index >= 15 is 0 Å². The second-order valence-electron chi connectivity index (χ2n) is 7.00. The van der Waals surface area contributed by atoms with Crippen LogP contribution in [0.3, 0.4) is 0 Å². The van der Waals surface area contributed by atoms with Crippen LogP contribution < -0.4 is 0 Å². The van der Waals surface area contributed by atoms with Gasteiger partial charge in [-0.15, -0.1) is 0 Å². The number of nitrogens with zero attached hydrogens (tertiary/aromatic N) is 5. The van der Waals surface area contributed by atoms with Crippen LogP contribution in [0.1, 0.15) is 21.6 Å². The number of hydrogen-bond donors (Lipinski definition) is 0. The summed E-state index contributed by atoms with van der Waals surface area (Å²) in [5, 5.41) is 5.03. The SMILES string of the molecule is Cn1cc2c(-c3cc(F)c(CN4Cc5ncccc5C4=O)c(F)c3)cncc2n1. The highest BCUT2D eigenvalue weighted by Crippen LogP contribution is 2.31. The van der Waals surface area contributed by atoms with E-state index in [0.717, 1.165) is 5.39 Å². The summed E-state index contributed by atoms with van der Waals surface area (Å²) >= 11 is 0. The Morgan fingerprint density at radius 2 is 1.93 bits per heavy atom. The third-order valence-electron chi connectivity index (χ3n) is 5.10. The predicted octanol–water partition coefficient (Wildman–Crippen LogP) is 3.46. The average molecular weight is 391 g/mol. The Morgan fingerprint density at radius 3 is 2.69 bits per heavy atom. The smallest absolute Gasteiger partial charge is 0.256 e. The quantitative estimate of drug-likeness (QED) is 0.537. The molecule has 29 heavy (non-hydrogen) atoms. The molecule has 0 saturated heterocycles. The van der Waals surface area contributed by atoms with E-state index in [0.29, 0.717) is 27.9 Å². The van der Waals surface area contributed by atoms with E-state index < -0.39 is 11.6 Å². The van der Waals surface area contributed by atoms with Crippen molar-refractivity contribution in [3.8, 4) is 11.1 Å². The molecule has 4 aromatic rings. The number of rotatable bonds is 3. The molecule has 1 aliphatic heterocycles. The molecule has 0 N–H and O–H groups in total. The molecule has 0 bridgehead atoms. The van der Waals surface area contributed by atoms with Crippen LogP contribution in [0.5, 0.6) is 0 Å². The lowest BCUT2D eigenvalue weighted by atomic mass is 10.0. The van der Waals surface area contributed by atoms with Crippen molar-refractivity contribution in [3.05, 3.63) is 77.5 Å². The third-order valence-corrected chi connectivity index (χ3v) is 5.10. The van der Waals surface area contributed by atoms with E-state index in [4.69, 9.17) is 0 Å². The number of carbonyl (C=O) groups is 1. The van der Waals surface area contributed by atoms with Gasteiger partial charge in [0, 0.05) is 42.2 Å². The standard InChI is InChI=1S/C21H15F2N5O/c1-27-9-15-14(7-24-8-19(15)26-27)12-5-17(22)16(18(23)6-12)10-28-11-20-13(21(28)29)3-2-4-25-20/h2-9H,10-11H2,1H3. The van der Waals surface area contributed by atoms with Gasteiger partial charge < -0.3 is 4.90 Å². The molecule has 3 aromatic heterocycles. The highest BCUT2D eigenvalue weighted by molar-refractivity contribution is 5.97. The molecule has 0 fully saturated rings. The molecule has 1 aliphatic rings. The summed E-state index contributed by atoms with van der Waals surface area (Å²) in [6.07, 6.45) is 6.54. The summed E-state index contributed by atoms with van der Waals surface area (Å²) in [5.74, 6) is -1.70. The van der Waals surface area contributed by atoms with Gasteiger partial charge in [-0.25, -0.2) is 8.78 Å². The second-order valence-corrected chi connectivity index (χ2v) is 7.00. The van der Waals surface area contributed by atoms with Crippen LogP contribution in [0.15, 0.2) is 49.1 Å². The van der Waals surface area contributed by atoms with Crippen LogP contribution in [0, 0.1) is 11.6 Å². The van der Waals surface area contributed by atoms with Crippen LogP contribution >= 0.6 is 0 Å². The van der Waals surface area contributed by atoms with E-state index in [9.17, 15) is 13.6 Å². The minimum absolute atomic E-state index is 0.152. The van der Waals surface area contributed by atoms with Crippen molar-refractivity contribution < 1.29 is 13.6 Å². The van der Waals surface area contributed by atoms with Gasteiger partial charge in [-0.05, 0) is 29.8 Å². The van der Waals surface area contributed by atoms with E-state index in [2.05, 4.69) is 15.1 Å². The van der Waals surface area contributed by atoms with Crippen molar-refractivity contribution >= 4 is 16.8 Å². The molecule has 4 heterocycles. The number of aryl methyl sites for hydroxylation is 1. The fraction of sp³-hybridized carbons (Fsp3) is 0.143. The first-order chi connectivity index (χ1) is 14.0. The number of benzene rings is 1. The first-order valence-electron chi connectivity index (χ1n) is 9.00. The van der Waals surface area contributed by atoms with Crippen LogP contribution in [-0.4, -0.2) is 30.6 Å². The first-order valence-corrected chi connectivity index (χ1v) is 9.00. The maximum absolute atomic E-state index is 14.9. The Kier molecular flexibility index (Phi) is 3.87. The van der Waals surface area contributed by atoms with Crippen molar-refractivity contribution in [1.82, 2.24) is 24.6 Å². The van der Waals surface area contributed by atoms with Crippen molar-refractivity contribution in [2.45, 2.75) is 13.1 Å². The molecule has 5 rings (SSSR count). The van der Waals surface area contributed by atoms with Crippen molar-refractivity contribution in [1.29, 1.82) is 0 Å². The molecule has 1 amide bonds. The highest BCUT2D eigenvalue weighted by Gasteiger charge is 2.29. The fourth-order valence-electron chi connectivity index (χ4n) is 3.70. The third kappa shape index (κ3) is 2.84. The van der Waals surface area contributed by atoms with E-state index in [1.54, 1.807) is 48.6 Å². The molecule has 0 saturated carbocycles. The van der Waals surface area contributed by atoms with Crippen molar-refractivity contribution in [2.24, 2.45) is 7.05 Å². The Labute approximate surface area is 164 Å². The Bertz CT molecular complexity index is 1260. The number of pyridine rings is 2. The van der Waals surface area contributed by atoms with Crippen molar-refractivity contribution in [3.63, 3.8) is 0 Å². The van der Waals surface area contributed by atoms with Gasteiger partial charge in [-0.1, -0.05) is 0 Å². The van der Waals surface area contributed by atoms with E-state index in [-0.39, 0.29) is 24.6 Å². The highest BCUT2D eigenvalue weighted by atomic mass is 19.1. The average Bonchev–Trinajstić information content (AvgIpc) is 3.23. The Hall–Kier alpha value is -3.68. The summed E-state index contributed by atoms with van der Waals surface area (Å²) in [6.45, 7) is 0.0665. The van der Waals surface area contributed by atoms with Gasteiger partial charge in [0.05, 0.1) is 30.5 Å². The minimum Gasteiger partial charge on any atom is -0.328 e. The molecule has 0 atom stereocenters. The number of fused-ring (bicyclic) bond motifs is 2. The van der Waals surface area contributed by atoms with E-state index in [1.807, 2.05) is 0 Å². The summed E-state index contributed by atoms with van der Waals surface area (Å²) in [6, 6.07) is 5.88. The molecule has 0 radical (unpaired) electrons. The number of aromatic nitrogens is 4. The van der Waals surface area contributed by atoms with Gasteiger partial charge >= 0.3 is 0 Å². The van der Waals surface area contributed by atoms with Gasteiger partial charge in [0.15, 0.2) is 0 Å². The van der Waals surface area contributed by atoms with Gasteiger partial charge in [0.1, 0.15) is 17.2 Å². The largest absolute Gasteiger partial charge is 0.328 e. The lowest BCUT2D eigenvalue weighted by Gasteiger charge is -2.17. The summed E-state index contributed by atoms with van der Waals surface area (Å²) < 4.78 is 31.4. The number of hydrogen-bond acceptors (Lipinski definition) is 4. The van der Waals surface area contributed by atoms with E-state index in [1.165, 1.54) is 17.0 Å². The summed E-state index contributed by atoms with van der Waals surface area (Å²) in [7, 11) is 1.77. The maximum Gasteiger partial charge on any atom is 0.256 e. The van der Waals surface area contributed by atoms with Crippen molar-refractivity contribution in [2.75, 3.05) is 0 Å². The van der Waals surface area contributed by atoms with Gasteiger partial charge in [0.2, 0.25) is 0 Å². The van der Waals surface area contributed by atoms with Gasteiger partial charge in [0.25, 0.3) is 5.91 Å². The monoisotopic (exact) mass is 391 g/mol. The summed E-state index contributed by atoms with van der Waals surface area (Å²) in [4.78, 5) is 22.2. The topological polar surface area (TPSA) is 63.9 Å². The van der Waals surface area contributed by atoms with Crippen LogP contribution in [-0.2, 0) is 20.1 Å². The minimum atomic E-state index is -0.711. The lowest BCUT2D eigenvalue weighted by Crippen LogP contribution is -2.24. The molecule has 144 valence electrons. The van der Waals surface area contributed by atoms with Gasteiger partial charge in [-0.3, -0.25) is 19.4 Å². The number of carbonyl (C=O) groups excluding carboxylic acids is 1. The first kappa shape index (κ1) is 17.4. The predicted molar refractivity (Wildman–Crippen MR) is 102 cm³/mol. The molecule has 1 aromatic carbocycles. The Morgan fingerprint density at radius 1 is 1.14 bits per heavy atom. The van der Waals surface area contributed by atoms with Crippen LogP contribution in [0.4, 0.5) is 8.78 Å². The summed E-state index contributed by atoms with van der Waals surface area (Å²) in [5.41, 5.74) is 2.54. The maximum atomic E-state index is 14.9. The number of halogens is 2. The molecular formula is C21H15F2N5O. The molecule has 8 heteroatoms. The molecule has 6 nitrogen and oxygen atoms in total. The van der Waals surface area contributed by atoms with Crippen LogP contribution in [0.25, 0.3) is 22.0 Å². The zero-order valence-corrected chi connectivity index (χ0v) is 15.4. The zero-order chi connectivity index (χ0) is 20.1. The molecular weight excluding hydrogens is 376 g/mol. The number of amides is 1. The Balaban J connectivity index is 1.50. The second kappa shape index (κ2) is 6.44. The normalized spacial score (nSPS) is 13.3. The molecule has 0 aliphatic carbocycles. The molecule has 0 spiro atoms. The zero-order valence-electron chi connectivity index (χ0n) is 15.4. The fourth-order valence-corrected chi connectivity index (χ4v) is 3.70. The molecule has 0 unspecified atom stereocenters. The lowest BCUT2D eigenvalue weighted by molar-refractivity contribution is 0.0763. The van der Waals surface area contributed by atoms with Crippen LogP contribution in [0.2, 0.25) is 0 Å². The van der Waals surface area contributed by atoms with Gasteiger partial charge in [-0.2, -0.15) is 5.10 Å².